The average molecular weight is 205 g/mol. The van der Waals surface area contributed by atoms with Gasteiger partial charge in [0.1, 0.15) is 0 Å². The van der Waals surface area contributed by atoms with Crippen LogP contribution in [0.15, 0.2) is 12.4 Å². The van der Waals surface area contributed by atoms with Crippen molar-refractivity contribution in [2.75, 3.05) is 0 Å². The van der Waals surface area contributed by atoms with Crippen molar-refractivity contribution >= 4 is 12.4 Å². The first-order valence-electron chi connectivity index (χ1n) is 4.33. The van der Waals surface area contributed by atoms with E-state index in [1.54, 1.807) is 10.9 Å². The molecule has 0 saturated carbocycles. The van der Waals surface area contributed by atoms with Crippen molar-refractivity contribution in [1.82, 2.24) is 15.0 Å². The molecule has 2 N–H and O–H groups in total. The van der Waals surface area contributed by atoms with E-state index in [2.05, 4.69) is 24.2 Å². The minimum atomic E-state index is 0. The third kappa shape index (κ3) is 3.74. The molecule has 76 valence electrons. The van der Waals surface area contributed by atoms with Gasteiger partial charge in [-0.05, 0) is 5.92 Å². The lowest BCUT2D eigenvalue weighted by molar-refractivity contribution is 0.377. The highest BCUT2D eigenvalue weighted by Crippen LogP contribution is 2.06. The highest BCUT2D eigenvalue weighted by molar-refractivity contribution is 5.85. The van der Waals surface area contributed by atoms with E-state index in [0.29, 0.717) is 5.92 Å². The predicted octanol–water partition coefficient (Wildman–Crippen LogP) is 1.07. The Labute approximate surface area is 84.9 Å². The van der Waals surface area contributed by atoms with E-state index in [0.717, 1.165) is 13.0 Å². The number of nitrogens with two attached hydrogens (primary N) is 1. The van der Waals surface area contributed by atoms with Crippen LogP contribution in [-0.4, -0.2) is 21.0 Å². The Bertz CT molecular complexity index is 212. The first-order chi connectivity index (χ1) is 5.74. The monoisotopic (exact) mass is 204 g/mol. The Balaban J connectivity index is 0.00000144. The van der Waals surface area contributed by atoms with Crippen LogP contribution in [0.25, 0.3) is 0 Å². The largest absolute Gasteiger partial charge is 0.326 e. The fraction of sp³-hybridized carbons (Fsp3) is 0.750. The molecule has 0 aliphatic rings. The lowest BCUT2D eigenvalue weighted by atomic mass is 10.0. The molecule has 0 aliphatic heterocycles. The van der Waals surface area contributed by atoms with Crippen LogP contribution in [0, 0.1) is 5.92 Å². The zero-order chi connectivity index (χ0) is 8.97. The fourth-order valence-electron chi connectivity index (χ4n) is 1.03. The second-order valence-electron chi connectivity index (χ2n) is 3.17. The lowest BCUT2D eigenvalue weighted by Gasteiger charge is -2.17. The molecule has 0 spiro atoms. The van der Waals surface area contributed by atoms with Crippen molar-refractivity contribution in [3.63, 3.8) is 0 Å². The molecule has 0 saturated heterocycles. The van der Waals surface area contributed by atoms with Crippen molar-refractivity contribution in [3.8, 4) is 0 Å². The van der Waals surface area contributed by atoms with Crippen LogP contribution in [-0.2, 0) is 6.54 Å². The van der Waals surface area contributed by atoms with Gasteiger partial charge in [-0.1, -0.05) is 25.5 Å². The van der Waals surface area contributed by atoms with Gasteiger partial charge in [0, 0.05) is 12.2 Å². The average Bonchev–Trinajstić information content (AvgIpc) is 2.55. The van der Waals surface area contributed by atoms with Gasteiger partial charge in [-0.15, -0.1) is 17.5 Å². The van der Waals surface area contributed by atoms with Crippen LogP contribution >= 0.6 is 12.4 Å². The van der Waals surface area contributed by atoms with E-state index in [-0.39, 0.29) is 18.4 Å². The first kappa shape index (κ1) is 12.4. The van der Waals surface area contributed by atoms with Crippen LogP contribution in [0.5, 0.6) is 0 Å². The molecule has 1 rings (SSSR count). The third-order valence-corrected chi connectivity index (χ3v) is 2.24. The molecule has 1 aromatic rings. The molecule has 0 aromatic carbocycles. The summed E-state index contributed by atoms with van der Waals surface area (Å²) in [6.45, 7) is 5.06. The van der Waals surface area contributed by atoms with Crippen molar-refractivity contribution in [3.05, 3.63) is 12.4 Å². The molecule has 13 heavy (non-hydrogen) atoms. The Morgan fingerprint density at radius 2 is 2.23 bits per heavy atom. The number of hydrogen-bond donors (Lipinski definition) is 1. The summed E-state index contributed by atoms with van der Waals surface area (Å²) in [4.78, 5) is 0. The lowest BCUT2D eigenvalue weighted by Crippen LogP contribution is -2.32. The Hall–Kier alpha value is -0.610. The molecule has 2 atom stereocenters. The maximum absolute atomic E-state index is 5.93. The molecule has 0 radical (unpaired) electrons. The normalized spacial score (nSPS) is 14.7. The quantitative estimate of drug-likeness (QED) is 0.799. The minimum Gasteiger partial charge on any atom is -0.326 e. The second kappa shape index (κ2) is 5.94. The van der Waals surface area contributed by atoms with Crippen molar-refractivity contribution < 1.29 is 0 Å². The first-order valence-corrected chi connectivity index (χ1v) is 4.33. The van der Waals surface area contributed by atoms with Gasteiger partial charge in [0.2, 0.25) is 0 Å². The summed E-state index contributed by atoms with van der Waals surface area (Å²) in [7, 11) is 0. The van der Waals surface area contributed by atoms with Crippen molar-refractivity contribution in [2.45, 2.75) is 32.9 Å². The van der Waals surface area contributed by atoms with Crippen molar-refractivity contribution in [2.24, 2.45) is 11.7 Å². The van der Waals surface area contributed by atoms with Gasteiger partial charge in [0.05, 0.1) is 12.7 Å². The molecule has 4 nitrogen and oxygen atoms in total. The van der Waals surface area contributed by atoms with Gasteiger partial charge < -0.3 is 5.73 Å². The summed E-state index contributed by atoms with van der Waals surface area (Å²) in [6.07, 6.45) is 4.61. The van der Waals surface area contributed by atoms with E-state index in [1.165, 1.54) is 0 Å². The SMILES string of the molecule is CCC(C)C(N)Cn1ccnn1.Cl. The third-order valence-electron chi connectivity index (χ3n) is 2.24. The molecule has 0 bridgehead atoms. The maximum Gasteiger partial charge on any atom is 0.0692 e. The van der Waals surface area contributed by atoms with Gasteiger partial charge >= 0.3 is 0 Å². The molecule has 1 aromatic heterocycles. The van der Waals surface area contributed by atoms with Crippen LogP contribution in [0.4, 0.5) is 0 Å². The summed E-state index contributed by atoms with van der Waals surface area (Å²) in [5, 5.41) is 7.58. The highest BCUT2D eigenvalue weighted by Gasteiger charge is 2.10. The number of halogens is 1. The Morgan fingerprint density at radius 1 is 1.54 bits per heavy atom. The van der Waals surface area contributed by atoms with Crippen LogP contribution < -0.4 is 5.73 Å². The molecular formula is C8H17ClN4. The number of rotatable bonds is 4. The van der Waals surface area contributed by atoms with Gasteiger partial charge in [0.15, 0.2) is 0 Å². The number of hydrogen-bond acceptors (Lipinski definition) is 3. The van der Waals surface area contributed by atoms with Crippen LogP contribution in [0.3, 0.4) is 0 Å². The standard InChI is InChI=1S/C8H16N4.ClH/c1-3-7(2)8(9)6-12-5-4-10-11-12;/h4-5,7-8H,3,6,9H2,1-2H3;1H. The van der Waals surface area contributed by atoms with E-state index in [4.69, 9.17) is 5.73 Å². The zero-order valence-electron chi connectivity index (χ0n) is 8.05. The zero-order valence-corrected chi connectivity index (χ0v) is 8.87. The van der Waals surface area contributed by atoms with E-state index in [9.17, 15) is 0 Å². The summed E-state index contributed by atoms with van der Waals surface area (Å²) in [5.74, 6) is 0.536. The maximum atomic E-state index is 5.93. The topological polar surface area (TPSA) is 56.7 Å². The van der Waals surface area contributed by atoms with E-state index >= 15 is 0 Å². The fourth-order valence-corrected chi connectivity index (χ4v) is 1.03. The number of nitrogens with zero attached hydrogens (tertiary/aromatic N) is 3. The van der Waals surface area contributed by atoms with E-state index < -0.39 is 0 Å². The van der Waals surface area contributed by atoms with E-state index in [1.807, 2.05) is 6.20 Å². The summed E-state index contributed by atoms with van der Waals surface area (Å²) >= 11 is 0. The molecule has 0 amide bonds. The van der Waals surface area contributed by atoms with Gasteiger partial charge in [-0.25, -0.2) is 0 Å². The Kier molecular flexibility index (Phi) is 5.66. The summed E-state index contributed by atoms with van der Waals surface area (Å²) < 4.78 is 1.77. The molecular weight excluding hydrogens is 188 g/mol. The smallest absolute Gasteiger partial charge is 0.0692 e. The predicted molar refractivity (Wildman–Crippen MR) is 54.7 cm³/mol. The van der Waals surface area contributed by atoms with Gasteiger partial charge in [-0.3, -0.25) is 4.68 Å². The molecule has 5 heteroatoms. The van der Waals surface area contributed by atoms with Crippen LogP contribution in [0.2, 0.25) is 0 Å². The highest BCUT2D eigenvalue weighted by atomic mass is 35.5. The number of aromatic nitrogens is 3. The van der Waals surface area contributed by atoms with Crippen LogP contribution in [0.1, 0.15) is 20.3 Å². The Morgan fingerprint density at radius 3 is 2.69 bits per heavy atom. The summed E-state index contributed by atoms with van der Waals surface area (Å²) in [6, 6.07) is 0.177. The molecule has 2 unspecified atom stereocenters. The molecule has 0 fully saturated rings. The molecule has 1 heterocycles. The second-order valence-corrected chi connectivity index (χ2v) is 3.17. The van der Waals surface area contributed by atoms with Gasteiger partial charge in [0.25, 0.3) is 0 Å². The minimum absolute atomic E-state index is 0. The summed E-state index contributed by atoms with van der Waals surface area (Å²) in [5.41, 5.74) is 5.93. The van der Waals surface area contributed by atoms with Crippen molar-refractivity contribution in [1.29, 1.82) is 0 Å². The van der Waals surface area contributed by atoms with Gasteiger partial charge in [-0.2, -0.15) is 0 Å². The molecule has 0 aliphatic carbocycles.